The summed E-state index contributed by atoms with van der Waals surface area (Å²) < 4.78 is 2.08. The van der Waals surface area contributed by atoms with Crippen molar-refractivity contribution in [3.63, 3.8) is 0 Å². The zero-order valence-electron chi connectivity index (χ0n) is 9.09. The maximum Gasteiger partial charge on any atom is 0.0758 e. The standard InChI is InChI=1S/C12H9Br2Cl2NS/c13-11-5-7(12(14)18-11)10(17)4-6-8(15)2-1-3-9(6)16/h1-3,5,10H,4,17H2. The van der Waals surface area contributed by atoms with Gasteiger partial charge >= 0.3 is 0 Å². The number of hydrogen-bond acceptors (Lipinski definition) is 2. The van der Waals surface area contributed by atoms with Crippen molar-refractivity contribution in [3.8, 4) is 0 Å². The molecule has 0 radical (unpaired) electrons. The topological polar surface area (TPSA) is 26.0 Å². The van der Waals surface area contributed by atoms with Crippen molar-refractivity contribution >= 4 is 66.4 Å². The van der Waals surface area contributed by atoms with Gasteiger partial charge in [-0.3, -0.25) is 0 Å². The van der Waals surface area contributed by atoms with Gasteiger partial charge in [0, 0.05) is 16.1 Å². The second-order valence-corrected chi connectivity index (χ2v) is 8.35. The van der Waals surface area contributed by atoms with Gasteiger partial charge in [0.15, 0.2) is 0 Å². The largest absolute Gasteiger partial charge is 0.324 e. The third-order valence-corrected chi connectivity index (χ3v) is 5.66. The Hall–Kier alpha value is 0.420. The van der Waals surface area contributed by atoms with Crippen LogP contribution in [0.25, 0.3) is 0 Å². The Morgan fingerprint density at radius 3 is 2.33 bits per heavy atom. The molecule has 1 heterocycles. The van der Waals surface area contributed by atoms with Crippen molar-refractivity contribution in [2.24, 2.45) is 5.73 Å². The van der Waals surface area contributed by atoms with E-state index in [1.807, 2.05) is 24.3 Å². The van der Waals surface area contributed by atoms with Gasteiger partial charge in [-0.1, -0.05) is 29.3 Å². The first-order chi connectivity index (χ1) is 8.49. The third-order valence-electron chi connectivity index (χ3n) is 2.57. The quantitative estimate of drug-likeness (QED) is 0.653. The fraction of sp³-hybridized carbons (Fsp3) is 0.167. The SMILES string of the molecule is NC(Cc1c(Cl)cccc1Cl)c1cc(Br)sc1Br. The lowest BCUT2D eigenvalue weighted by Crippen LogP contribution is -2.13. The molecule has 0 saturated heterocycles. The molecule has 0 spiro atoms. The molecular formula is C12H9Br2Cl2NS. The Kier molecular flexibility index (Phi) is 5.14. The molecule has 0 aliphatic heterocycles. The first kappa shape index (κ1) is 14.8. The van der Waals surface area contributed by atoms with E-state index in [0.29, 0.717) is 16.5 Å². The van der Waals surface area contributed by atoms with Gasteiger partial charge in [-0.2, -0.15) is 0 Å². The van der Waals surface area contributed by atoms with Crippen LogP contribution in [-0.4, -0.2) is 0 Å². The number of benzene rings is 1. The van der Waals surface area contributed by atoms with E-state index in [-0.39, 0.29) is 6.04 Å². The summed E-state index contributed by atoms with van der Waals surface area (Å²) in [5.74, 6) is 0. The van der Waals surface area contributed by atoms with Crippen molar-refractivity contribution in [3.05, 3.63) is 53.0 Å². The van der Waals surface area contributed by atoms with Crippen LogP contribution in [0.1, 0.15) is 17.2 Å². The van der Waals surface area contributed by atoms with Crippen LogP contribution >= 0.6 is 66.4 Å². The smallest absolute Gasteiger partial charge is 0.0758 e. The van der Waals surface area contributed by atoms with Crippen LogP contribution in [-0.2, 0) is 6.42 Å². The molecule has 6 heteroatoms. The van der Waals surface area contributed by atoms with Crippen molar-refractivity contribution < 1.29 is 0 Å². The molecule has 0 aliphatic carbocycles. The van der Waals surface area contributed by atoms with E-state index in [1.165, 1.54) is 0 Å². The van der Waals surface area contributed by atoms with Gasteiger partial charge in [0.2, 0.25) is 0 Å². The monoisotopic (exact) mass is 427 g/mol. The summed E-state index contributed by atoms with van der Waals surface area (Å²) in [5, 5.41) is 1.31. The van der Waals surface area contributed by atoms with Crippen LogP contribution in [0.2, 0.25) is 10.0 Å². The van der Waals surface area contributed by atoms with Crippen LogP contribution in [0.3, 0.4) is 0 Å². The number of rotatable bonds is 3. The average molecular weight is 430 g/mol. The number of hydrogen-bond donors (Lipinski definition) is 1. The molecule has 96 valence electrons. The van der Waals surface area contributed by atoms with Gasteiger partial charge in [-0.15, -0.1) is 11.3 Å². The highest BCUT2D eigenvalue weighted by molar-refractivity contribution is 9.12. The van der Waals surface area contributed by atoms with Crippen molar-refractivity contribution in [1.82, 2.24) is 0 Å². The average Bonchev–Trinajstić information content (AvgIpc) is 2.63. The summed E-state index contributed by atoms with van der Waals surface area (Å²) in [6.45, 7) is 0. The van der Waals surface area contributed by atoms with Gasteiger partial charge in [-0.05, 0) is 67.6 Å². The van der Waals surface area contributed by atoms with Crippen LogP contribution in [0.5, 0.6) is 0 Å². The zero-order valence-corrected chi connectivity index (χ0v) is 14.6. The Morgan fingerprint density at radius 2 is 1.83 bits per heavy atom. The summed E-state index contributed by atoms with van der Waals surface area (Å²) in [4.78, 5) is 0. The third kappa shape index (κ3) is 3.30. The first-order valence-corrected chi connectivity index (χ1v) is 8.28. The van der Waals surface area contributed by atoms with Gasteiger partial charge in [0.1, 0.15) is 0 Å². The Balaban J connectivity index is 2.26. The fourth-order valence-corrected chi connectivity index (χ4v) is 5.22. The summed E-state index contributed by atoms with van der Waals surface area (Å²) in [6, 6.07) is 7.36. The Morgan fingerprint density at radius 1 is 1.22 bits per heavy atom. The predicted octanol–water partition coefficient (Wildman–Crippen LogP) is 5.82. The lowest BCUT2D eigenvalue weighted by Gasteiger charge is -2.13. The molecule has 0 amide bonds. The van der Waals surface area contributed by atoms with E-state index < -0.39 is 0 Å². The molecule has 1 unspecified atom stereocenters. The van der Waals surface area contributed by atoms with E-state index in [2.05, 4.69) is 31.9 Å². The highest BCUT2D eigenvalue weighted by Crippen LogP contribution is 2.37. The van der Waals surface area contributed by atoms with Crippen LogP contribution in [0.4, 0.5) is 0 Å². The maximum absolute atomic E-state index is 6.22. The summed E-state index contributed by atoms with van der Waals surface area (Å²) in [6.07, 6.45) is 0.611. The molecule has 0 saturated carbocycles. The van der Waals surface area contributed by atoms with E-state index in [1.54, 1.807) is 11.3 Å². The normalized spacial score (nSPS) is 12.7. The zero-order chi connectivity index (χ0) is 13.3. The van der Waals surface area contributed by atoms with Crippen molar-refractivity contribution in [2.45, 2.75) is 12.5 Å². The molecule has 0 aliphatic rings. The first-order valence-electron chi connectivity index (χ1n) is 5.12. The van der Waals surface area contributed by atoms with E-state index in [9.17, 15) is 0 Å². The minimum atomic E-state index is -0.140. The molecule has 2 N–H and O–H groups in total. The minimum Gasteiger partial charge on any atom is -0.324 e. The molecular weight excluding hydrogens is 421 g/mol. The molecule has 1 aromatic heterocycles. The summed E-state index contributed by atoms with van der Waals surface area (Å²) >= 11 is 20.9. The molecule has 2 rings (SSSR count). The minimum absolute atomic E-state index is 0.140. The molecule has 18 heavy (non-hydrogen) atoms. The second kappa shape index (κ2) is 6.25. The van der Waals surface area contributed by atoms with Gasteiger partial charge in [0.25, 0.3) is 0 Å². The highest BCUT2D eigenvalue weighted by Gasteiger charge is 2.16. The van der Waals surface area contributed by atoms with Crippen LogP contribution in [0, 0.1) is 0 Å². The van der Waals surface area contributed by atoms with Crippen molar-refractivity contribution in [2.75, 3.05) is 0 Å². The molecule has 1 aromatic carbocycles. The summed E-state index contributed by atoms with van der Waals surface area (Å²) in [5.41, 5.74) is 8.17. The Labute approximate surface area is 137 Å². The molecule has 2 aromatic rings. The van der Waals surface area contributed by atoms with E-state index in [4.69, 9.17) is 28.9 Å². The van der Waals surface area contributed by atoms with Gasteiger partial charge in [0.05, 0.1) is 7.57 Å². The lowest BCUT2D eigenvalue weighted by molar-refractivity contribution is 0.722. The van der Waals surface area contributed by atoms with Gasteiger partial charge < -0.3 is 5.73 Å². The number of nitrogens with two attached hydrogens (primary N) is 1. The molecule has 1 atom stereocenters. The fourth-order valence-electron chi connectivity index (χ4n) is 1.66. The van der Waals surface area contributed by atoms with Gasteiger partial charge in [-0.25, -0.2) is 0 Å². The molecule has 0 fully saturated rings. The van der Waals surface area contributed by atoms with E-state index in [0.717, 1.165) is 18.7 Å². The molecule has 0 bridgehead atoms. The maximum atomic E-state index is 6.22. The number of halogens is 4. The predicted molar refractivity (Wildman–Crippen MR) is 86.8 cm³/mol. The summed E-state index contributed by atoms with van der Waals surface area (Å²) in [7, 11) is 0. The molecule has 1 nitrogen and oxygen atoms in total. The Bertz CT molecular complexity index is 551. The lowest BCUT2D eigenvalue weighted by atomic mass is 10.0. The van der Waals surface area contributed by atoms with Crippen LogP contribution < -0.4 is 5.73 Å². The van der Waals surface area contributed by atoms with Crippen LogP contribution in [0.15, 0.2) is 31.8 Å². The highest BCUT2D eigenvalue weighted by atomic mass is 79.9. The van der Waals surface area contributed by atoms with E-state index >= 15 is 0 Å². The van der Waals surface area contributed by atoms with Crippen molar-refractivity contribution in [1.29, 1.82) is 0 Å². The second-order valence-electron chi connectivity index (χ2n) is 3.79. The number of thiophene rings is 1.